The highest BCUT2D eigenvalue weighted by Gasteiger charge is 2.09. The Hall–Kier alpha value is 0.240. The van der Waals surface area contributed by atoms with Crippen LogP contribution in [0.2, 0.25) is 5.02 Å². The Morgan fingerprint density at radius 2 is 2.17 bits per heavy atom. The van der Waals surface area contributed by atoms with E-state index in [1.165, 1.54) is 0 Å². The Morgan fingerprint density at radius 1 is 1.50 bits per heavy atom. The van der Waals surface area contributed by atoms with E-state index >= 15 is 0 Å². The maximum absolute atomic E-state index is 9.41. The fourth-order valence-corrected chi connectivity index (χ4v) is 1.71. The lowest BCUT2D eigenvalue weighted by molar-refractivity contribution is 0.202. The number of halogens is 3. The maximum Gasteiger partial charge on any atom is 0.0936 e. The third-order valence-electron chi connectivity index (χ3n) is 1.46. The number of benzene rings is 1. The average molecular weight is 270 g/mol. The second-order valence-corrected chi connectivity index (χ2v) is 3.94. The van der Waals surface area contributed by atoms with Gasteiger partial charge in [-0.3, -0.25) is 0 Å². The SMILES string of the molecule is OC(CCl)c1cc(Cl)ccc1Br. The molecule has 1 nitrogen and oxygen atoms in total. The molecule has 1 rings (SSSR count). The van der Waals surface area contributed by atoms with Crippen molar-refractivity contribution >= 4 is 39.1 Å². The Morgan fingerprint density at radius 3 is 2.75 bits per heavy atom. The van der Waals surface area contributed by atoms with Crippen LogP contribution >= 0.6 is 39.1 Å². The first-order valence-corrected chi connectivity index (χ1v) is 5.04. The molecule has 0 spiro atoms. The van der Waals surface area contributed by atoms with E-state index in [9.17, 15) is 5.11 Å². The average Bonchev–Trinajstić information content (AvgIpc) is 2.08. The summed E-state index contributed by atoms with van der Waals surface area (Å²) in [5, 5.41) is 10.0. The van der Waals surface area contributed by atoms with Gasteiger partial charge in [0, 0.05) is 9.50 Å². The van der Waals surface area contributed by atoms with Gasteiger partial charge in [-0.2, -0.15) is 0 Å². The van der Waals surface area contributed by atoms with Crippen molar-refractivity contribution in [2.75, 3.05) is 5.88 Å². The van der Waals surface area contributed by atoms with E-state index in [-0.39, 0.29) is 5.88 Å². The number of aliphatic hydroxyl groups is 1. The lowest BCUT2D eigenvalue weighted by Gasteiger charge is -2.09. The van der Waals surface area contributed by atoms with Crippen molar-refractivity contribution in [1.82, 2.24) is 0 Å². The molecule has 0 amide bonds. The minimum absolute atomic E-state index is 0.166. The van der Waals surface area contributed by atoms with Crippen molar-refractivity contribution in [2.24, 2.45) is 0 Å². The van der Waals surface area contributed by atoms with Gasteiger partial charge in [0.05, 0.1) is 12.0 Å². The Kier molecular flexibility index (Phi) is 3.84. The third-order valence-corrected chi connectivity index (χ3v) is 2.71. The zero-order valence-electron chi connectivity index (χ0n) is 6.10. The summed E-state index contributed by atoms with van der Waals surface area (Å²) in [6, 6.07) is 5.22. The predicted octanol–water partition coefficient (Wildman–Crippen LogP) is 3.37. The molecule has 0 saturated carbocycles. The summed E-state index contributed by atoms with van der Waals surface area (Å²) in [4.78, 5) is 0. The lowest BCUT2D eigenvalue weighted by Crippen LogP contribution is -1.99. The standard InChI is InChI=1S/C8H7BrCl2O/c9-7-2-1-5(11)3-6(7)8(12)4-10/h1-3,8,12H,4H2. The minimum Gasteiger partial charge on any atom is -0.387 e. The molecule has 1 aromatic rings. The molecule has 0 aliphatic heterocycles. The van der Waals surface area contributed by atoms with Gasteiger partial charge < -0.3 is 5.11 Å². The maximum atomic E-state index is 9.41. The first-order chi connectivity index (χ1) is 5.65. The summed E-state index contributed by atoms with van der Waals surface area (Å²) in [5.74, 6) is 0.166. The molecule has 1 unspecified atom stereocenters. The van der Waals surface area contributed by atoms with E-state index in [0.29, 0.717) is 5.02 Å². The van der Waals surface area contributed by atoms with Crippen LogP contribution in [0.15, 0.2) is 22.7 Å². The first-order valence-electron chi connectivity index (χ1n) is 3.34. The summed E-state index contributed by atoms with van der Waals surface area (Å²) >= 11 is 14.5. The number of alkyl halides is 1. The van der Waals surface area contributed by atoms with Crippen molar-refractivity contribution in [3.63, 3.8) is 0 Å². The van der Waals surface area contributed by atoms with Gasteiger partial charge in [-0.05, 0) is 23.8 Å². The second kappa shape index (κ2) is 4.47. The Bertz CT molecular complexity index is 278. The van der Waals surface area contributed by atoms with Gasteiger partial charge in [0.1, 0.15) is 0 Å². The molecule has 12 heavy (non-hydrogen) atoms. The van der Waals surface area contributed by atoms with E-state index < -0.39 is 6.10 Å². The van der Waals surface area contributed by atoms with E-state index in [0.717, 1.165) is 10.0 Å². The van der Waals surface area contributed by atoms with Gasteiger partial charge in [-0.25, -0.2) is 0 Å². The highest BCUT2D eigenvalue weighted by molar-refractivity contribution is 9.10. The molecule has 4 heteroatoms. The summed E-state index contributed by atoms with van der Waals surface area (Å²) in [6.45, 7) is 0. The fraction of sp³-hybridized carbons (Fsp3) is 0.250. The van der Waals surface area contributed by atoms with Crippen LogP contribution in [0.5, 0.6) is 0 Å². The number of rotatable bonds is 2. The molecule has 0 aliphatic carbocycles. The molecule has 1 atom stereocenters. The second-order valence-electron chi connectivity index (χ2n) is 2.34. The van der Waals surface area contributed by atoms with Gasteiger partial charge >= 0.3 is 0 Å². The smallest absolute Gasteiger partial charge is 0.0936 e. The molecule has 0 heterocycles. The molecule has 0 radical (unpaired) electrons. The molecule has 0 aromatic heterocycles. The van der Waals surface area contributed by atoms with Crippen molar-refractivity contribution in [3.8, 4) is 0 Å². The zero-order chi connectivity index (χ0) is 9.14. The summed E-state index contributed by atoms with van der Waals surface area (Å²) in [6.07, 6.45) is -0.667. The quantitative estimate of drug-likeness (QED) is 0.817. The van der Waals surface area contributed by atoms with Crippen LogP contribution in [0.3, 0.4) is 0 Å². The van der Waals surface area contributed by atoms with E-state index in [1.807, 2.05) is 0 Å². The van der Waals surface area contributed by atoms with Gasteiger partial charge in [0.15, 0.2) is 0 Å². The molecule has 1 aromatic carbocycles. The molecule has 1 N–H and O–H groups in total. The van der Waals surface area contributed by atoms with Crippen LogP contribution in [-0.4, -0.2) is 11.0 Å². The highest BCUT2D eigenvalue weighted by atomic mass is 79.9. The summed E-state index contributed by atoms with van der Waals surface area (Å²) in [5.41, 5.74) is 0.720. The molecule has 0 fully saturated rings. The number of hydrogen-bond acceptors (Lipinski definition) is 1. The fourth-order valence-electron chi connectivity index (χ4n) is 0.853. The number of hydrogen-bond donors (Lipinski definition) is 1. The van der Waals surface area contributed by atoms with E-state index in [2.05, 4.69) is 15.9 Å². The zero-order valence-corrected chi connectivity index (χ0v) is 9.20. The molecule has 0 aliphatic rings. The van der Waals surface area contributed by atoms with Crippen LogP contribution in [0.4, 0.5) is 0 Å². The van der Waals surface area contributed by atoms with Crippen LogP contribution in [0.1, 0.15) is 11.7 Å². The molecular formula is C8H7BrCl2O. The van der Waals surface area contributed by atoms with Gasteiger partial charge in [0.25, 0.3) is 0 Å². The lowest BCUT2D eigenvalue weighted by atomic mass is 10.1. The van der Waals surface area contributed by atoms with Crippen LogP contribution in [0, 0.1) is 0 Å². The summed E-state index contributed by atoms with van der Waals surface area (Å²) in [7, 11) is 0. The van der Waals surface area contributed by atoms with Crippen molar-refractivity contribution in [2.45, 2.75) is 6.10 Å². The monoisotopic (exact) mass is 268 g/mol. The Balaban J connectivity index is 3.04. The van der Waals surface area contributed by atoms with Crippen LogP contribution < -0.4 is 0 Å². The number of aliphatic hydroxyl groups excluding tert-OH is 1. The molecule has 0 bridgehead atoms. The van der Waals surface area contributed by atoms with Crippen LogP contribution in [-0.2, 0) is 0 Å². The highest BCUT2D eigenvalue weighted by Crippen LogP contribution is 2.27. The molecular weight excluding hydrogens is 263 g/mol. The molecule has 0 saturated heterocycles. The van der Waals surface area contributed by atoms with Crippen LogP contribution in [0.25, 0.3) is 0 Å². The predicted molar refractivity (Wildman–Crippen MR) is 54.8 cm³/mol. The van der Waals surface area contributed by atoms with E-state index in [4.69, 9.17) is 23.2 Å². The van der Waals surface area contributed by atoms with Gasteiger partial charge in [0.2, 0.25) is 0 Å². The first kappa shape index (κ1) is 10.3. The van der Waals surface area contributed by atoms with Gasteiger partial charge in [-0.1, -0.05) is 27.5 Å². The van der Waals surface area contributed by atoms with Crippen molar-refractivity contribution < 1.29 is 5.11 Å². The Labute approximate surface area is 89.4 Å². The third kappa shape index (κ3) is 2.36. The summed E-state index contributed by atoms with van der Waals surface area (Å²) < 4.78 is 0.819. The van der Waals surface area contributed by atoms with Gasteiger partial charge in [-0.15, -0.1) is 11.6 Å². The topological polar surface area (TPSA) is 20.2 Å². The normalized spacial score (nSPS) is 13.0. The van der Waals surface area contributed by atoms with Crippen molar-refractivity contribution in [3.05, 3.63) is 33.3 Å². The minimum atomic E-state index is -0.667. The van der Waals surface area contributed by atoms with E-state index in [1.54, 1.807) is 18.2 Å². The van der Waals surface area contributed by atoms with Crippen molar-refractivity contribution in [1.29, 1.82) is 0 Å². The largest absolute Gasteiger partial charge is 0.387 e. The molecule has 66 valence electrons.